The van der Waals surface area contributed by atoms with Gasteiger partial charge in [0.25, 0.3) is 0 Å². The first-order chi connectivity index (χ1) is 15.2. The van der Waals surface area contributed by atoms with Crippen molar-refractivity contribution in [3.05, 3.63) is 53.2 Å². The molecule has 0 aliphatic carbocycles. The van der Waals surface area contributed by atoms with Gasteiger partial charge in [0.2, 0.25) is 0 Å². The average molecular weight is 574 g/mol. The molecule has 176 valence electrons. The molecule has 9 heteroatoms. The van der Waals surface area contributed by atoms with Gasteiger partial charge in [-0.2, -0.15) is 0 Å². The van der Waals surface area contributed by atoms with Gasteiger partial charge in [0.1, 0.15) is 5.82 Å². The van der Waals surface area contributed by atoms with E-state index in [-0.39, 0.29) is 35.8 Å². The summed E-state index contributed by atoms with van der Waals surface area (Å²) in [5.41, 5.74) is 0.981. The zero-order chi connectivity index (χ0) is 21.5. The van der Waals surface area contributed by atoms with Crippen molar-refractivity contribution in [3.63, 3.8) is 0 Å². The van der Waals surface area contributed by atoms with Crippen LogP contribution in [-0.4, -0.2) is 69.9 Å². The van der Waals surface area contributed by atoms with E-state index >= 15 is 0 Å². The zero-order valence-corrected chi connectivity index (χ0v) is 21.7. The highest BCUT2D eigenvalue weighted by atomic mass is 127. The van der Waals surface area contributed by atoms with E-state index in [1.165, 1.54) is 11.1 Å². The molecule has 2 aliphatic rings. The van der Waals surface area contributed by atoms with Gasteiger partial charge in [0, 0.05) is 45.8 Å². The molecular formula is C23H33FIN5OS. The van der Waals surface area contributed by atoms with Crippen molar-refractivity contribution in [2.75, 3.05) is 57.9 Å². The topological polar surface area (TPSA) is 52.1 Å². The molecule has 0 radical (unpaired) electrons. The van der Waals surface area contributed by atoms with E-state index in [0.717, 1.165) is 50.5 Å². The lowest BCUT2D eigenvalue weighted by Gasteiger charge is -2.36. The number of benzene rings is 1. The lowest BCUT2D eigenvalue weighted by atomic mass is 10.0. The Morgan fingerprint density at radius 1 is 1.19 bits per heavy atom. The summed E-state index contributed by atoms with van der Waals surface area (Å²) < 4.78 is 19.4. The lowest BCUT2D eigenvalue weighted by Crippen LogP contribution is -2.50. The van der Waals surface area contributed by atoms with Gasteiger partial charge in [0.05, 0.1) is 24.3 Å². The molecule has 3 heterocycles. The van der Waals surface area contributed by atoms with E-state index in [4.69, 9.17) is 4.74 Å². The first kappa shape index (κ1) is 25.2. The van der Waals surface area contributed by atoms with Crippen LogP contribution in [0.15, 0.2) is 46.8 Å². The van der Waals surface area contributed by atoms with Crippen LogP contribution in [0.1, 0.15) is 24.4 Å². The molecule has 2 fully saturated rings. The van der Waals surface area contributed by atoms with E-state index in [1.54, 1.807) is 23.5 Å². The molecule has 6 nitrogen and oxygen atoms in total. The molecule has 0 spiro atoms. The maximum atomic E-state index is 13.9. The Hall–Kier alpha value is -1.43. The van der Waals surface area contributed by atoms with Gasteiger partial charge in [-0.15, -0.1) is 35.3 Å². The third-order valence-corrected chi connectivity index (χ3v) is 6.99. The lowest BCUT2D eigenvalue weighted by molar-refractivity contribution is 0.0169. The highest BCUT2D eigenvalue weighted by molar-refractivity contribution is 14.0. The van der Waals surface area contributed by atoms with Crippen molar-refractivity contribution in [2.24, 2.45) is 4.99 Å². The fourth-order valence-corrected chi connectivity index (χ4v) is 5.12. The molecule has 0 amide bonds. The fraction of sp³-hybridized carbons (Fsp3) is 0.522. The summed E-state index contributed by atoms with van der Waals surface area (Å²) in [6, 6.07) is 11.7. The number of morpholine rings is 1. The molecule has 2 saturated heterocycles. The molecule has 0 bridgehead atoms. The Balaban J connectivity index is 0.00000289. The third kappa shape index (κ3) is 6.79. The second kappa shape index (κ2) is 12.7. The van der Waals surface area contributed by atoms with Gasteiger partial charge in [-0.1, -0.05) is 12.1 Å². The van der Waals surface area contributed by atoms with Gasteiger partial charge >= 0.3 is 0 Å². The van der Waals surface area contributed by atoms with Gasteiger partial charge in [-0.05, 0) is 48.1 Å². The van der Waals surface area contributed by atoms with E-state index in [9.17, 15) is 4.39 Å². The maximum absolute atomic E-state index is 13.9. The second-order valence-electron chi connectivity index (χ2n) is 8.03. The predicted molar refractivity (Wildman–Crippen MR) is 141 cm³/mol. The van der Waals surface area contributed by atoms with Crippen LogP contribution in [0.4, 0.5) is 9.39 Å². The van der Waals surface area contributed by atoms with E-state index in [0.29, 0.717) is 25.8 Å². The standard InChI is InChI=1S/C23H32FN5OS.HI/c1-25-23(27-20-7-9-29(10-8-20)22-6-3-15-31-22)26-17-21(28-11-13-30-14-12-28)18-4-2-5-19(24)16-18;/h2-6,15-16,20-21H,7-14,17H2,1H3,(H2,25,26,27);1H. The van der Waals surface area contributed by atoms with Gasteiger partial charge in [-0.3, -0.25) is 9.89 Å². The number of halogens is 2. The first-order valence-corrected chi connectivity index (χ1v) is 11.9. The summed E-state index contributed by atoms with van der Waals surface area (Å²) >= 11 is 1.80. The van der Waals surface area contributed by atoms with Crippen LogP contribution in [0.2, 0.25) is 0 Å². The molecule has 0 saturated carbocycles. The number of hydrogen-bond acceptors (Lipinski definition) is 5. The molecule has 1 unspecified atom stereocenters. The molecule has 1 aromatic carbocycles. The predicted octanol–water partition coefficient (Wildman–Crippen LogP) is 3.71. The Morgan fingerprint density at radius 2 is 1.97 bits per heavy atom. The number of guanidine groups is 1. The van der Waals surface area contributed by atoms with Crippen LogP contribution in [0.25, 0.3) is 0 Å². The van der Waals surface area contributed by atoms with E-state index in [1.807, 2.05) is 13.1 Å². The summed E-state index contributed by atoms with van der Waals surface area (Å²) in [4.78, 5) is 9.26. The van der Waals surface area contributed by atoms with Crippen LogP contribution < -0.4 is 15.5 Å². The van der Waals surface area contributed by atoms with Crippen molar-refractivity contribution >= 4 is 46.3 Å². The number of hydrogen-bond donors (Lipinski definition) is 2. The summed E-state index contributed by atoms with van der Waals surface area (Å²) in [6.45, 7) is 5.87. The molecule has 1 aromatic heterocycles. The van der Waals surface area contributed by atoms with Crippen LogP contribution in [0.5, 0.6) is 0 Å². The Bertz CT molecular complexity index is 839. The number of anilines is 1. The van der Waals surface area contributed by atoms with Crippen LogP contribution in [0, 0.1) is 5.82 Å². The minimum absolute atomic E-state index is 0. The maximum Gasteiger partial charge on any atom is 0.191 e. The number of thiophene rings is 1. The number of nitrogens with zero attached hydrogens (tertiary/aromatic N) is 3. The SMILES string of the molecule is CN=C(NCC(c1cccc(F)c1)N1CCOCC1)NC1CCN(c2cccs2)CC1.I. The van der Waals surface area contributed by atoms with Gasteiger partial charge < -0.3 is 20.3 Å². The third-order valence-electron chi connectivity index (χ3n) is 6.06. The molecule has 4 rings (SSSR count). The van der Waals surface area contributed by atoms with E-state index in [2.05, 4.69) is 42.9 Å². The second-order valence-corrected chi connectivity index (χ2v) is 8.96. The van der Waals surface area contributed by atoms with Crippen molar-refractivity contribution < 1.29 is 9.13 Å². The van der Waals surface area contributed by atoms with Crippen molar-refractivity contribution in [1.82, 2.24) is 15.5 Å². The highest BCUT2D eigenvalue weighted by Crippen LogP contribution is 2.25. The molecular weight excluding hydrogens is 540 g/mol. The normalized spacial score (nSPS) is 19.3. The van der Waals surface area contributed by atoms with Gasteiger partial charge in [0.15, 0.2) is 5.96 Å². The molecule has 2 N–H and O–H groups in total. The monoisotopic (exact) mass is 573 g/mol. The smallest absolute Gasteiger partial charge is 0.191 e. The van der Waals surface area contributed by atoms with E-state index < -0.39 is 0 Å². The van der Waals surface area contributed by atoms with Crippen molar-refractivity contribution in [2.45, 2.75) is 24.9 Å². The van der Waals surface area contributed by atoms with Crippen LogP contribution in [-0.2, 0) is 4.74 Å². The van der Waals surface area contributed by atoms with Crippen LogP contribution in [0.3, 0.4) is 0 Å². The molecule has 2 aromatic rings. The fourth-order valence-electron chi connectivity index (χ4n) is 4.34. The number of aliphatic imine (C=N–C) groups is 1. The summed E-state index contributed by atoms with van der Waals surface area (Å²) in [6.07, 6.45) is 2.16. The minimum Gasteiger partial charge on any atom is -0.379 e. The molecule has 32 heavy (non-hydrogen) atoms. The Morgan fingerprint density at radius 3 is 2.62 bits per heavy atom. The summed E-state index contributed by atoms with van der Waals surface area (Å²) in [7, 11) is 1.81. The Labute approximate surface area is 211 Å². The average Bonchev–Trinajstić information content (AvgIpc) is 3.35. The first-order valence-electron chi connectivity index (χ1n) is 11.1. The number of rotatable bonds is 6. The highest BCUT2D eigenvalue weighted by Gasteiger charge is 2.24. The number of ether oxygens (including phenoxy) is 1. The zero-order valence-electron chi connectivity index (χ0n) is 18.5. The summed E-state index contributed by atoms with van der Waals surface area (Å²) in [5, 5.41) is 10.6. The Kier molecular flexibility index (Phi) is 10.0. The number of nitrogens with one attached hydrogen (secondary N) is 2. The van der Waals surface area contributed by atoms with Crippen molar-refractivity contribution in [1.29, 1.82) is 0 Å². The van der Waals surface area contributed by atoms with Crippen molar-refractivity contribution in [3.8, 4) is 0 Å². The summed E-state index contributed by atoms with van der Waals surface area (Å²) in [5.74, 6) is 0.611. The minimum atomic E-state index is -0.198. The van der Waals surface area contributed by atoms with Gasteiger partial charge in [-0.25, -0.2) is 4.39 Å². The molecule has 1 atom stereocenters. The van der Waals surface area contributed by atoms with Crippen LogP contribution >= 0.6 is 35.3 Å². The quantitative estimate of drug-likeness (QED) is 0.314. The number of piperidine rings is 1. The largest absolute Gasteiger partial charge is 0.379 e. The molecule has 2 aliphatic heterocycles.